The highest BCUT2D eigenvalue weighted by Gasteiger charge is 2.24. The van der Waals surface area contributed by atoms with Gasteiger partial charge in [0.2, 0.25) is 5.91 Å². The van der Waals surface area contributed by atoms with Crippen LogP contribution < -0.4 is 0 Å². The molecule has 2 amide bonds. The third-order valence-corrected chi connectivity index (χ3v) is 4.23. The number of amides is 2. The van der Waals surface area contributed by atoms with Crippen LogP contribution in [0.4, 0.5) is 0 Å². The first-order valence-electron chi connectivity index (χ1n) is 8.67. The normalized spacial score (nSPS) is 15.1. The first-order valence-corrected chi connectivity index (χ1v) is 8.67. The molecule has 0 N–H and O–H groups in total. The molecule has 126 valence electrons. The topological polar surface area (TPSA) is 40.6 Å². The van der Waals surface area contributed by atoms with Gasteiger partial charge in [0.15, 0.2) is 0 Å². The molecular formula is C19H28N2O2. The number of nitrogens with zero attached hydrogens (tertiary/aromatic N) is 2. The Bertz CT molecular complexity index is 529. The summed E-state index contributed by atoms with van der Waals surface area (Å²) in [6.45, 7) is 8.95. The van der Waals surface area contributed by atoms with Crippen LogP contribution in [0, 0.1) is 5.92 Å². The maximum absolute atomic E-state index is 12.6. The van der Waals surface area contributed by atoms with Crippen LogP contribution in [0.3, 0.4) is 0 Å². The molecule has 0 atom stereocenters. The lowest BCUT2D eigenvalue weighted by molar-refractivity contribution is -0.132. The number of benzene rings is 1. The highest BCUT2D eigenvalue weighted by Crippen LogP contribution is 2.13. The van der Waals surface area contributed by atoms with Crippen LogP contribution >= 0.6 is 0 Å². The molecule has 23 heavy (non-hydrogen) atoms. The summed E-state index contributed by atoms with van der Waals surface area (Å²) >= 11 is 0. The number of rotatable bonds is 5. The molecule has 0 aromatic heterocycles. The van der Waals surface area contributed by atoms with Gasteiger partial charge in [-0.05, 0) is 36.5 Å². The van der Waals surface area contributed by atoms with Crippen molar-refractivity contribution < 1.29 is 9.59 Å². The second-order valence-corrected chi connectivity index (χ2v) is 6.72. The van der Waals surface area contributed by atoms with Crippen LogP contribution in [0.25, 0.3) is 0 Å². The van der Waals surface area contributed by atoms with E-state index < -0.39 is 0 Å². The van der Waals surface area contributed by atoms with E-state index in [0.29, 0.717) is 38.5 Å². The third-order valence-electron chi connectivity index (χ3n) is 4.23. The lowest BCUT2D eigenvalue weighted by Gasteiger charge is -2.35. The van der Waals surface area contributed by atoms with E-state index >= 15 is 0 Å². The molecule has 1 aromatic carbocycles. The first kappa shape index (κ1) is 17.5. The van der Waals surface area contributed by atoms with Gasteiger partial charge in [-0.25, -0.2) is 0 Å². The molecule has 4 heteroatoms. The van der Waals surface area contributed by atoms with Crippen molar-refractivity contribution >= 4 is 11.8 Å². The molecule has 0 aliphatic carbocycles. The summed E-state index contributed by atoms with van der Waals surface area (Å²) in [5.41, 5.74) is 2.01. The zero-order chi connectivity index (χ0) is 16.8. The van der Waals surface area contributed by atoms with Crippen molar-refractivity contribution in [3.63, 3.8) is 0 Å². The highest BCUT2D eigenvalue weighted by molar-refractivity contribution is 5.94. The summed E-state index contributed by atoms with van der Waals surface area (Å²) < 4.78 is 0. The van der Waals surface area contributed by atoms with Gasteiger partial charge in [-0.1, -0.05) is 32.9 Å². The van der Waals surface area contributed by atoms with Crippen LogP contribution in [0.1, 0.15) is 49.5 Å². The van der Waals surface area contributed by atoms with Crippen molar-refractivity contribution in [3.8, 4) is 0 Å². The van der Waals surface area contributed by atoms with Crippen molar-refractivity contribution in [1.82, 2.24) is 9.80 Å². The predicted molar refractivity (Wildman–Crippen MR) is 92.4 cm³/mol. The zero-order valence-electron chi connectivity index (χ0n) is 14.5. The minimum Gasteiger partial charge on any atom is -0.339 e. The van der Waals surface area contributed by atoms with Crippen molar-refractivity contribution in [1.29, 1.82) is 0 Å². The molecule has 4 nitrogen and oxygen atoms in total. The summed E-state index contributed by atoms with van der Waals surface area (Å²) in [5, 5.41) is 0. The third kappa shape index (κ3) is 4.81. The molecule has 0 bridgehead atoms. The molecular weight excluding hydrogens is 288 g/mol. The minimum atomic E-state index is 0.0729. The lowest BCUT2D eigenvalue weighted by Crippen LogP contribution is -2.50. The van der Waals surface area contributed by atoms with Crippen LogP contribution in [0.5, 0.6) is 0 Å². The molecule has 0 saturated carbocycles. The summed E-state index contributed by atoms with van der Waals surface area (Å²) in [5.74, 6) is 0.895. The Morgan fingerprint density at radius 1 is 1.00 bits per heavy atom. The summed E-state index contributed by atoms with van der Waals surface area (Å²) in [6.07, 6.45) is 2.51. The van der Waals surface area contributed by atoms with Crippen molar-refractivity contribution in [2.75, 3.05) is 26.2 Å². The smallest absolute Gasteiger partial charge is 0.253 e. The monoisotopic (exact) mass is 316 g/mol. The zero-order valence-corrected chi connectivity index (χ0v) is 14.5. The quantitative estimate of drug-likeness (QED) is 0.838. The first-order chi connectivity index (χ1) is 11.0. The Morgan fingerprint density at radius 3 is 2.09 bits per heavy atom. The van der Waals surface area contributed by atoms with Gasteiger partial charge in [0.1, 0.15) is 0 Å². The van der Waals surface area contributed by atoms with Gasteiger partial charge >= 0.3 is 0 Å². The van der Waals surface area contributed by atoms with E-state index in [1.807, 2.05) is 41.0 Å². The lowest BCUT2D eigenvalue weighted by atomic mass is 10.0. The van der Waals surface area contributed by atoms with Crippen molar-refractivity contribution in [2.24, 2.45) is 5.92 Å². The van der Waals surface area contributed by atoms with Gasteiger partial charge in [-0.15, -0.1) is 0 Å². The van der Waals surface area contributed by atoms with Gasteiger partial charge < -0.3 is 9.80 Å². The van der Waals surface area contributed by atoms with E-state index in [2.05, 4.69) is 13.8 Å². The molecule has 2 rings (SSSR count). The Labute approximate surface area is 139 Å². The second kappa shape index (κ2) is 8.14. The van der Waals surface area contributed by atoms with Gasteiger partial charge in [-0.2, -0.15) is 0 Å². The van der Waals surface area contributed by atoms with E-state index in [4.69, 9.17) is 0 Å². The standard InChI is InChI=1S/C19H28N2O2/c1-4-5-18(22)20-10-12-21(13-11-20)19(23)17-8-6-16(7-9-17)14-15(2)3/h6-9,15H,4-5,10-14H2,1-3H3. The van der Waals surface area contributed by atoms with Crippen LogP contribution in [-0.4, -0.2) is 47.8 Å². The number of piperazine rings is 1. The number of hydrogen-bond acceptors (Lipinski definition) is 2. The minimum absolute atomic E-state index is 0.0729. The van der Waals surface area contributed by atoms with Gasteiger partial charge in [-0.3, -0.25) is 9.59 Å². The van der Waals surface area contributed by atoms with Crippen LogP contribution in [-0.2, 0) is 11.2 Å². The number of carbonyl (C=O) groups excluding carboxylic acids is 2. The Kier molecular flexibility index (Phi) is 6.20. The van der Waals surface area contributed by atoms with Crippen molar-refractivity contribution in [2.45, 2.75) is 40.0 Å². The molecule has 1 saturated heterocycles. The average molecular weight is 316 g/mol. The number of carbonyl (C=O) groups is 2. The molecule has 0 unspecified atom stereocenters. The highest BCUT2D eigenvalue weighted by atomic mass is 16.2. The Morgan fingerprint density at radius 2 is 1.57 bits per heavy atom. The van der Waals surface area contributed by atoms with Crippen molar-refractivity contribution in [3.05, 3.63) is 35.4 Å². The fourth-order valence-corrected chi connectivity index (χ4v) is 2.97. The maximum atomic E-state index is 12.6. The fourth-order valence-electron chi connectivity index (χ4n) is 2.97. The second-order valence-electron chi connectivity index (χ2n) is 6.72. The molecule has 1 aliphatic rings. The summed E-state index contributed by atoms with van der Waals surface area (Å²) in [7, 11) is 0. The maximum Gasteiger partial charge on any atom is 0.253 e. The van der Waals surface area contributed by atoms with E-state index in [1.54, 1.807) is 0 Å². The van der Waals surface area contributed by atoms with Gasteiger partial charge in [0, 0.05) is 38.2 Å². The molecule has 1 heterocycles. The molecule has 1 fully saturated rings. The Hall–Kier alpha value is -1.84. The number of hydrogen-bond donors (Lipinski definition) is 0. The predicted octanol–water partition coefficient (Wildman–Crippen LogP) is 2.97. The SMILES string of the molecule is CCCC(=O)N1CCN(C(=O)c2ccc(CC(C)C)cc2)CC1. The molecule has 1 aliphatic heterocycles. The molecule has 1 aromatic rings. The largest absolute Gasteiger partial charge is 0.339 e. The molecule has 0 radical (unpaired) electrons. The van der Waals surface area contributed by atoms with E-state index in [9.17, 15) is 9.59 Å². The van der Waals surface area contributed by atoms with E-state index in [0.717, 1.165) is 18.4 Å². The fraction of sp³-hybridized carbons (Fsp3) is 0.579. The average Bonchev–Trinajstić information content (AvgIpc) is 2.55. The van der Waals surface area contributed by atoms with E-state index in [-0.39, 0.29) is 11.8 Å². The van der Waals surface area contributed by atoms with E-state index in [1.165, 1.54) is 5.56 Å². The summed E-state index contributed by atoms with van der Waals surface area (Å²) in [4.78, 5) is 28.2. The van der Waals surface area contributed by atoms with Crippen LogP contribution in [0.15, 0.2) is 24.3 Å². The van der Waals surface area contributed by atoms with Gasteiger partial charge in [0.05, 0.1) is 0 Å². The van der Waals surface area contributed by atoms with Gasteiger partial charge in [0.25, 0.3) is 5.91 Å². The summed E-state index contributed by atoms with van der Waals surface area (Å²) in [6, 6.07) is 7.95. The Balaban J connectivity index is 1.90. The van der Waals surface area contributed by atoms with Crippen LogP contribution in [0.2, 0.25) is 0 Å². The molecule has 0 spiro atoms.